The molecule has 0 fully saturated rings. The summed E-state index contributed by atoms with van der Waals surface area (Å²) < 4.78 is 11.1. The van der Waals surface area contributed by atoms with Gasteiger partial charge in [0.25, 0.3) is 5.91 Å². The number of para-hydroxylation sites is 1. The van der Waals surface area contributed by atoms with E-state index in [4.69, 9.17) is 14.3 Å². The molecule has 6 heteroatoms. The molecule has 0 spiro atoms. The molecular formula is C20H24N2O4. The van der Waals surface area contributed by atoms with Crippen LogP contribution in [0.3, 0.4) is 0 Å². The molecule has 2 aromatic rings. The van der Waals surface area contributed by atoms with E-state index in [2.05, 4.69) is 10.5 Å². The van der Waals surface area contributed by atoms with Gasteiger partial charge in [0.1, 0.15) is 0 Å². The van der Waals surface area contributed by atoms with Crippen LogP contribution in [-0.4, -0.2) is 31.9 Å². The average Bonchev–Trinajstić information content (AvgIpc) is 2.63. The van der Waals surface area contributed by atoms with Gasteiger partial charge in [0.05, 0.1) is 19.4 Å². The first-order valence-electron chi connectivity index (χ1n) is 8.54. The molecule has 0 heterocycles. The average molecular weight is 356 g/mol. The molecular weight excluding hydrogens is 332 g/mol. The number of hydrogen-bond donors (Lipinski definition) is 1. The summed E-state index contributed by atoms with van der Waals surface area (Å²) in [6.07, 6.45) is 1.53. The van der Waals surface area contributed by atoms with Gasteiger partial charge in [0, 0.05) is 11.3 Å². The minimum absolute atomic E-state index is 0.166. The number of nitrogens with one attached hydrogen (secondary N) is 1. The highest BCUT2D eigenvalue weighted by Crippen LogP contribution is 2.28. The summed E-state index contributed by atoms with van der Waals surface area (Å²) in [5.74, 6) is 1.07. The number of nitrogens with zero attached hydrogens (tertiary/aromatic N) is 1. The first-order chi connectivity index (χ1) is 12.6. The van der Waals surface area contributed by atoms with Gasteiger partial charge in [-0.15, -0.1) is 0 Å². The highest BCUT2D eigenvalue weighted by atomic mass is 16.6. The highest BCUT2D eigenvalue weighted by Gasteiger charge is 2.06. The van der Waals surface area contributed by atoms with Crippen molar-refractivity contribution < 1.29 is 19.1 Å². The molecule has 0 radical (unpaired) electrons. The third-order valence-corrected chi connectivity index (χ3v) is 3.46. The van der Waals surface area contributed by atoms with Crippen molar-refractivity contribution in [3.05, 3.63) is 53.6 Å². The molecule has 0 atom stereocenters. The lowest BCUT2D eigenvalue weighted by Gasteiger charge is -2.11. The summed E-state index contributed by atoms with van der Waals surface area (Å²) in [5, 5.41) is 6.62. The van der Waals surface area contributed by atoms with Gasteiger partial charge < -0.3 is 19.6 Å². The van der Waals surface area contributed by atoms with Gasteiger partial charge in [-0.1, -0.05) is 23.4 Å². The highest BCUT2D eigenvalue weighted by molar-refractivity contribution is 5.92. The Labute approximate surface area is 153 Å². The Morgan fingerprint density at radius 3 is 2.54 bits per heavy atom. The molecule has 0 bridgehead atoms. The van der Waals surface area contributed by atoms with E-state index >= 15 is 0 Å². The molecule has 6 nitrogen and oxygen atoms in total. The lowest BCUT2D eigenvalue weighted by molar-refractivity contribution is -0.120. The second-order valence-electron chi connectivity index (χ2n) is 5.44. The van der Waals surface area contributed by atoms with Gasteiger partial charge in [-0.25, -0.2) is 0 Å². The van der Waals surface area contributed by atoms with Crippen LogP contribution in [-0.2, 0) is 9.63 Å². The van der Waals surface area contributed by atoms with Crippen LogP contribution < -0.4 is 14.8 Å². The van der Waals surface area contributed by atoms with Crippen molar-refractivity contribution in [1.29, 1.82) is 0 Å². The summed E-state index contributed by atoms with van der Waals surface area (Å²) in [7, 11) is 0. The maximum absolute atomic E-state index is 11.9. The molecule has 138 valence electrons. The SMILES string of the molecule is CCOc1ccc(/C=N/OCC(=O)Nc2ccccc2C)cc1OCC. The Morgan fingerprint density at radius 2 is 1.81 bits per heavy atom. The maximum Gasteiger partial charge on any atom is 0.265 e. The lowest BCUT2D eigenvalue weighted by Crippen LogP contribution is -2.17. The van der Waals surface area contributed by atoms with E-state index in [1.165, 1.54) is 6.21 Å². The second kappa shape index (κ2) is 10.1. The second-order valence-corrected chi connectivity index (χ2v) is 5.44. The van der Waals surface area contributed by atoms with E-state index in [1.807, 2.05) is 63.2 Å². The zero-order valence-electron chi connectivity index (χ0n) is 15.3. The first-order valence-corrected chi connectivity index (χ1v) is 8.54. The van der Waals surface area contributed by atoms with Crippen molar-refractivity contribution in [2.75, 3.05) is 25.1 Å². The van der Waals surface area contributed by atoms with Crippen molar-refractivity contribution >= 4 is 17.8 Å². The van der Waals surface area contributed by atoms with Gasteiger partial charge in [-0.05, 0) is 50.6 Å². The minimum Gasteiger partial charge on any atom is -0.490 e. The quantitative estimate of drug-likeness (QED) is 0.548. The van der Waals surface area contributed by atoms with Gasteiger partial charge >= 0.3 is 0 Å². The normalized spacial score (nSPS) is 10.6. The largest absolute Gasteiger partial charge is 0.490 e. The zero-order chi connectivity index (χ0) is 18.8. The molecule has 0 aliphatic rings. The van der Waals surface area contributed by atoms with Crippen molar-refractivity contribution in [3.8, 4) is 11.5 Å². The van der Waals surface area contributed by atoms with Gasteiger partial charge in [0.15, 0.2) is 18.1 Å². The van der Waals surface area contributed by atoms with Crippen LogP contribution >= 0.6 is 0 Å². The molecule has 0 saturated carbocycles. The number of aryl methyl sites for hydroxylation is 1. The number of carbonyl (C=O) groups excluding carboxylic acids is 1. The summed E-state index contributed by atoms with van der Waals surface area (Å²) >= 11 is 0. The summed E-state index contributed by atoms with van der Waals surface area (Å²) in [6.45, 7) is 6.69. The smallest absolute Gasteiger partial charge is 0.265 e. The number of benzene rings is 2. The monoisotopic (exact) mass is 356 g/mol. The van der Waals surface area contributed by atoms with E-state index in [-0.39, 0.29) is 12.5 Å². The summed E-state index contributed by atoms with van der Waals surface area (Å²) in [4.78, 5) is 17.0. The number of ether oxygens (including phenoxy) is 2. The van der Waals surface area contributed by atoms with Crippen LogP contribution in [0.1, 0.15) is 25.0 Å². The fourth-order valence-corrected chi connectivity index (χ4v) is 2.24. The Morgan fingerprint density at radius 1 is 1.08 bits per heavy atom. The molecule has 1 N–H and O–H groups in total. The number of anilines is 1. The van der Waals surface area contributed by atoms with Crippen molar-refractivity contribution in [2.45, 2.75) is 20.8 Å². The van der Waals surface area contributed by atoms with Crippen molar-refractivity contribution in [2.24, 2.45) is 5.16 Å². The minimum atomic E-state index is -0.266. The van der Waals surface area contributed by atoms with E-state index in [1.54, 1.807) is 0 Å². The number of rotatable bonds is 9. The molecule has 0 aliphatic heterocycles. The first kappa shape index (κ1) is 19.3. The maximum atomic E-state index is 11.9. The Balaban J connectivity index is 1.88. The third-order valence-electron chi connectivity index (χ3n) is 3.46. The lowest BCUT2D eigenvalue weighted by atomic mass is 10.2. The van der Waals surface area contributed by atoms with E-state index in [0.717, 1.165) is 16.8 Å². The molecule has 0 aliphatic carbocycles. The topological polar surface area (TPSA) is 69.2 Å². The molecule has 2 rings (SSSR count). The predicted octanol–water partition coefficient (Wildman–Crippen LogP) is 3.78. The van der Waals surface area contributed by atoms with E-state index in [0.29, 0.717) is 24.7 Å². The molecule has 0 unspecified atom stereocenters. The fourth-order valence-electron chi connectivity index (χ4n) is 2.24. The van der Waals surface area contributed by atoms with Crippen molar-refractivity contribution in [3.63, 3.8) is 0 Å². The number of carbonyl (C=O) groups is 1. The molecule has 26 heavy (non-hydrogen) atoms. The fraction of sp³-hybridized carbons (Fsp3) is 0.300. The van der Waals surface area contributed by atoms with E-state index in [9.17, 15) is 4.79 Å². The number of hydrogen-bond acceptors (Lipinski definition) is 5. The van der Waals surface area contributed by atoms with Crippen LogP contribution in [0.5, 0.6) is 11.5 Å². The Kier molecular flexibility index (Phi) is 7.49. The van der Waals surface area contributed by atoms with E-state index < -0.39 is 0 Å². The molecule has 0 saturated heterocycles. The van der Waals surface area contributed by atoms with Crippen molar-refractivity contribution in [1.82, 2.24) is 0 Å². The summed E-state index contributed by atoms with van der Waals surface area (Å²) in [5.41, 5.74) is 2.54. The molecule has 1 amide bonds. The third kappa shape index (κ3) is 5.81. The van der Waals surface area contributed by atoms with Crippen LogP contribution in [0.2, 0.25) is 0 Å². The molecule has 0 aromatic heterocycles. The van der Waals surface area contributed by atoms with Gasteiger partial charge in [-0.3, -0.25) is 4.79 Å². The van der Waals surface area contributed by atoms with Crippen LogP contribution in [0.25, 0.3) is 0 Å². The standard InChI is InChI=1S/C20H24N2O4/c1-4-24-18-11-10-16(12-19(18)25-5-2)13-21-26-14-20(23)22-17-9-7-6-8-15(17)3/h6-13H,4-5,14H2,1-3H3,(H,22,23)/b21-13+. The predicted molar refractivity (Wildman–Crippen MR) is 102 cm³/mol. The molecule has 2 aromatic carbocycles. The van der Waals surface area contributed by atoms with Gasteiger partial charge in [0.2, 0.25) is 0 Å². The Bertz CT molecular complexity index is 759. The van der Waals surface area contributed by atoms with Crippen LogP contribution in [0.15, 0.2) is 47.6 Å². The van der Waals surface area contributed by atoms with Gasteiger partial charge in [-0.2, -0.15) is 0 Å². The van der Waals surface area contributed by atoms with Crippen LogP contribution in [0, 0.1) is 6.92 Å². The Hall–Kier alpha value is -3.02. The zero-order valence-corrected chi connectivity index (χ0v) is 15.3. The van der Waals surface area contributed by atoms with Crippen LogP contribution in [0.4, 0.5) is 5.69 Å². The number of amides is 1. The summed E-state index contributed by atoms with van der Waals surface area (Å²) in [6, 6.07) is 13.0. The number of oxime groups is 1.